The van der Waals surface area contributed by atoms with Gasteiger partial charge in [-0.25, -0.2) is 9.18 Å². The van der Waals surface area contributed by atoms with Crippen LogP contribution in [-0.2, 0) is 0 Å². The SMILES string of the molecule is CSCC(C)Nc1ccc(C(=O)O)cc1F. The number of thioether (sulfide) groups is 1. The first-order valence-electron chi connectivity index (χ1n) is 4.83. The highest BCUT2D eigenvalue weighted by atomic mass is 32.2. The Morgan fingerprint density at radius 2 is 2.31 bits per heavy atom. The normalized spacial score (nSPS) is 12.2. The minimum absolute atomic E-state index is 0.0411. The zero-order valence-corrected chi connectivity index (χ0v) is 9.97. The summed E-state index contributed by atoms with van der Waals surface area (Å²) in [7, 11) is 0. The van der Waals surface area contributed by atoms with Gasteiger partial charge in [-0.1, -0.05) is 0 Å². The molecule has 0 aliphatic heterocycles. The van der Waals surface area contributed by atoms with Gasteiger partial charge in [-0.05, 0) is 31.4 Å². The summed E-state index contributed by atoms with van der Waals surface area (Å²) < 4.78 is 13.5. The Morgan fingerprint density at radius 1 is 1.62 bits per heavy atom. The molecule has 0 amide bonds. The van der Waals surface area contributed by atoms with Crippen molar-refractivity contribution in [1.82, 2.24) is 0 Å². The maximum atomic E-state index is 13.5. The number of benzene rings is 1. The van der Waals surface area contributed by atoms with Crippen LogP contribution in [0.15, 0.2) is 18.2 Å². The average molecular weight is 243 g/mol. The van der Waals surface area contributed by atoms with Crippen molar-refractivity contribution >= 4 is 23.4 Å². The highest BCUT2D eigenvalue weighted by molar-refractivity contribution is 7.98. The van der Waals surface area contributed by atoms with Gasteiger partial charge in [0.25, 0.3) is 0 Å². The monoisotopic (exact) mass is 243 g/mol. The third-order valence-corrected chi connectivity index (χ3v) is 2.87. The fourth-order valence-corrected chi connectivity index (χ4v) is 1.91. The van der Waals surface area contributed by atoms with Crippen molar-refractivity contribution in [3.8, 4) is 0 Å². The minimum Gasteiger partial charge on any atom is -0.478 e. The minimum atomic E-state index is -1.12. The number of carboxylic acids is 1. The van der Waals surface area contributed by atoms with Crippen molar-refractivity contribution in [3.63, 3.8) is 0 Å². The van der Waals surface area contributed by atoms with Gasteiger partial charge in [0.05, 0.1) is 11.3 Å². The third-order valence-electron chi connectivity index (χ3n) is 2.03. The van der Waals surface area contributed by atoms with Gasteiger partial charge in [0.2, 0.25) is 0 Å². The van der Waals surface area contributed by atoms with Crippen LogP contribution in [0.4, 0.5) is 10.1 Å². The van der Waals surface area contributed by atoms with Crippen molar-refractivity contribution in [1.29, 1.82) is 0 Å². The summed E-state index contributed by atoms with van der Waals surface area (Å²) in [5.41, 5.74) is 0.298. The number of halogens is 1. The highest BCUT2D eigenvalue weighted by Crippen LogP contribution is 2.17. The van der Waals surface area contributed by atoms with Crippen molar-refractivity contribution in [3.05, 3.63) is 29.6 Å². The highest BCUT2D eigenvalue weighted by Gasteiger charge is 2.09. The molecule has 16 heavy (non-hydrogen) atoms. The van der Waals surface area contributed by atoms with Gasteiger partial charge in [-0.2, -0.15) is 11.8 Å². The number of carbonyl (C=O) groups is 1. The van der Waals surface area contributed by atoms with E-state index in [2.05, 4.69) is 5.32 Å². The number of nitrogens with one attached hydrogen (secondary N) is 1. The predicted molar refractivity (Wildman–Crippen MR) is 64.8 cm³/mol. The summed E-state index contributed by atoms with van der Waals surface area (Å²) >= 11 is 1.66. The molecule has 0 radical (unpaired) electrons. The molecule has 5 heteroatoms. The van der Waals surface area contributed by atoms with E-state index in [-0.39, 0.29) is 11.6 Å². The Hall–Kier alpha value is -1.23. The maximum Gasteiger partial charge on any atom is 0.335 e. The second kappa shape index (κ2) is 5.75. The molecule has 1 aromatic rings. The van der Waals surface area contributed by atoms with E-state index in [0.717, 1.165) is 11.8 Å². The zero-order chi connectivity index (χ0) is 12.1. The fourth-order valence-electron chi connectivity index (χ4n) is 1.32. The molecule has 2 N–H and O–H groups in total. The summed E-state index contributed by atoms with van der Waals surface area (Å²) in [6.45, 7) is 1.95. The Kier molecular flexibility index (Phi) is 4.61. The third kappa shape index (κ3) is 3.41. The zero-order valence-electron chi connectivity index (χ0n) is 9.16. The van der Waals surface area contributed by atoms with Crippen LogP contribution in [0.1, 0.15) is 17.3 Å². The van der Waals surface area contributed by atoms with E-state index in [1.165, 1.54) is 12.1 Å². The van der Waals surface area contributed by atoms with Crippen LogP contribution < -0.4 is 5.32 Å². The molecule has 1 aromatic carbocycles. The van der Waals surface area contributed by atoms with E-state index >= 15 is 0 Å². The van der Waals surface area contributed by atoms with Gasteiger partial charge >= 0.3 is 5.97 Å². The number of carboxylic acid groups (broad SMARTS) is 1. The first-order valence-corrected chi connectivity index (χ1v) is 6.22. The average Bonchev–Trinajstić information content (AvgIpc) is 2.21. The predicted octanol–water partition coefficient (Wildman–Crippen LogP) is 2.69. The standard InChI is InChI=1S/C11H14FNO2S/c1-7(6-16-2)13-10-4-3-8(11(14)15)5-9(10)12/h3-5,7,13H,6H2,1-2H3,(H,14,15). The molecule has 0 spiro atoms. The molecule has 0 fully saturated rings. The molecular formula is C11H14FNO2S. The van der Waals surface area contributed by atoms with Gasteiger partial charge in [0.1, 0.15) is 5.82 Å². The van der Waals surface area contributed by atoms with Crippen molar-refractivity contribution in [2.75, 3.05) is 17.3 Å². The molecule has 1 unspecified atom stereocenters. The van der Waals surface area contributed by atoms with E-state index in [1.807, 2.05) is 13.2 Å². The molecule has 0 bridgehead atoms. The molecule has 1 atom stereocenters. The second-order valence-corrected chi connectivity index (χ2v) is 4.41. The van der Waals surface area contributed by atoms with E-state index in [0.29, 0.717) is 5.69 Å². The topological polar surface area (TPSA) is 49.3 Å². The first-order chi connectivity index (χ1) is 7.54. The van der Waals surface area contributed by atoms with Crippen molar-refractivity contribution in [2.24, 2.45) is 0 Å². The molecule has 0 heterocycles. The van der Waals surface area contributed by atoms with Gasteiger partial charge in [0.15, 0.2) is 0 Å². The lowest BCUT2D eigenvalue weighted by atomic mass is 10.2. The molecular weight excluding hydrogens is 229 g/mol. The number of hydrogen-bond acceptors (Lipinski definition) is 3. The van der Waals surface area contributed by atoms with Crippen LogP contribution in [0.3, 0.4) is 0 Å². The van der Waals surface area contributed by atoms with Crippen LogP contribution in [0.5, 0.6) is 0 Å². The van der Waals surface area contributed by atoms with Crippen LogP contribution >= 0.6 is 11.8 Å². The second-order valence-electron chi connectivity index (χ2n) is 3.50. The van der Waals surface area contributed by atoms with Gasteiger partial charge in [0, 0.05) is 11.8 Å². The fraction of sp³-hybridized carbons (Fsp3) is 0.364. The summed E-state index contributed by atoms with van der Waals surface area (Å²) in [6, 6.07) is 4.01. The van der Waals surface area contributed by atoms with Crippen LogP contribution in [0.2, 0.25) is 0 Å². The lowest BCUT2D eigenvalue weighted by Gasteiger charge is -2.14. The summed E-state index contributed by atoms with van der Waals surface area (Å²) in [6.07, 6.45) is 1.97. The smallest absolute Gasteiger partial charge is 0.335 e. The summed E-state index contributed by atoms with van der Waals surface area (Å²) in [5, 5.41) is 11.7. The van der Waals surface area contributed by atoms with Gasteiger partial charge in [-0.15, -0.1) is 0 Å². The molecule has 0 aliphatic rings. The van der Waals surface area contributed by atoms with Gasteiger partial charge < -0.3 is 10.4 Å². The Morgan fingerprint density at radius 3 is 2.81 bits per heavy atom. The lowest BCUT2D eigenvalue weighted by molar-refractivity contribution is 0.0696. The largest absolute Gasteiger partial charge is 0.478 e. The molecule has 1 rings (SSSR count). The maximum absolute atomic E-state index is 13.5. The Balaban J connectivity index is 2.79. The van der Waals surface area contributed by atoms with E-state index in [4.69, 9.17) is 5.11 Å². The van der Waals surface area contributed by atoms with E-state index < -0.39 is 11.8 Å². The van der Waals surface area contributed by atoms with E-state index in [9.17, 15) is 9.18 Å². The molecule has 0 saturated heterocycles. The Bertz CT molecular complexity index is 384. The Labute approximate surface area is 98.1 Å². The molecule has 0 saturated carbocycles. The van der Waals surface area contributed by atoms with Crippen molar-refractivity contribution < 1.29 is 14.3 Å². The van der Waals surface area contributed by atoms with Crippen LogP contribution in [0.25, 0.3) is 0 Å². The summed E-state index contributed by atoms with van der Waals surface area (Å²) in [4.78, 5) is 10.6. The van der Waals surface area contributed by atoms with Gasteiger partial charge in [-0.3, -0.25) is 0 Å². The quantitative estimate of drug-likeness (QED) is 0.834. The number of aromatic carboxylic acids is 1. The molecule has 88 valence electrons. The van der Waals surface area contributed by atoms with Crippen LogP contribution in [0, 0.1) is 5.82 Å². The summed E-state index contributed by atoms with van der Waals surface area (Å²) in [5.74, 6) is -0.796. The first kappa shape index (κ1) is 12.8. The van der Waals surface area contributed by atoms with Crippen molar-refractivity contribution in [2.45, 2.75) is 13.0 Å². The molecule has 0 aliphatic carbocycles. The lowest BCUT2D eigenvalue weighted by Crippen LogP contribution is -2.18. The number of hydrogen-bond donors (Lipinski definition) is 2. The number of rotatable bonds is 5. The van der Waals surface area contributed by atoms with E-state index in [1.54, 1.807) is 11.8 Å². The molecule has 3 nitrogen and oxygen atoms in total. The van der Waals surface area contributed by atoms with Crippen LogP contribution in [-0.4, -0.2) is 29.1 Å². The molecule has 0 aromatic heterocycles. The number of anilines is 1.